The van der Waals surface area contributed by atoms with Gasteiger partial charge < -0.3 is 15.0 Å². The third kappa shape index (κ3) is 7.25. The Labute approximate surface area is 189 Å². The zero-order valence-corrected chi connectivity index (χ0v) is 19.9. The normalized spacial score (nSPS) is 12.2. The zero-order chi connectivity index (χ0) is 22.2. The molecule has 0 bridgehead atoms. The molecule has 0 spiro atoms. The predicted molar refractivity (Wildman–Crippen MR) is 127 cm³/mol. The average molecular weight is 441 g/mol. The number of aromatic nitrogens is 4. The molecule has 0 aliphatic carbocycles. The SMILES string of the molecule is CCCCCC(C)Oc1nc(C)cc(-c2cnc(Nc3ccc(CN(C)C)cn3)s2)n1. The molecule has 1 atom stereocenters. The monoisotopic (exact) mass is 440 g/mol. The molecule has 0 aliphatic heterocycles. The second-order valence-electron chi connectivity index (χ2n) is 8.05. The Bertz CT molecular complexity index is 957. The van der Waals surface area contributed by atoms with Crippen LogP contribution >= 0.6 is 11.3 Å². The second-order valence-corrected chi connectivity index (χ2v) is 9.08. The van der Waals surface area contributed by atoms with Gasteiger partial charge in [0.25, 0.3) is 0 Å². The first-order valence-electron chi connectivity index (χ1n) is 10.8. The van der Waals surface area contributed by atoms with Crippen LogP contribution in [0.15, 0.2) is 30.6 Å². The van der Waals surface area contributed by atoms with E-state index < -0.39 is 0 Å². The van der Waals surface area contributed by atoms with Crippen molar-refractivity contribution in [3.8, 4) is 16.6 Å². The number of aryl methyl sites for hydroxylation is 1. The maximum Gasteiger partial charge on any atom is 0.317 e. The highest BCUT2D eigenvalue weighted by Gasteiger charge is 2.12. The number of nitrogens with one attached hydrogen (secondary N) is 1. The van der Waals surface area contributed by atoms with Crippen LogP contribution in [0.25, 0.3) is 10.6 Å². The van der Waals surface area contributed by atoms with Crippen LogP contribution in [-0.2, 0) is 6.54 Å². The second kappa shape index (κ2) is 11.2. The molecule has 3 aromatic heterocycles. The van der Waals surface area contributed by atoms with Gasteiger partial charge in [0.2, 0.25) is 0 Å². The molecule has 8 heteroatoms. The summed E-state index contributed by atoms with van der Waals surface area (Å²) in [6.07, 6.45) is 8.40. The number of ether oxygens (including phenoxy) is 1. The Morgan fingerprint density at radius 1 is 1.13 bits per heavy atom. The van der Waals surface area contributed by atoms with Crippen LogP contribution in [0.5, 0.6) is 6.01 Å². The van der Waals surface area contributed by atoms with E-state index in [9.17, 15) is 0 Å². The van der Waals surface area contributed by atoms with Crippen molar-refractivity contribution in [3.63, 3.8) is 0 Å². The quantitative estimate of drug-likeness (QED) is 0.397. The van der Waals surface area contributed by atoms with Crippen LogP contribution in [0.2, 0.25) is 0 Å². The van der Waals surface area contributed by atoms with Crippen LogP contribution in [0.3, 0.4) is 0 Å². The van der Waals surface area contributed by atoms with Gasteiger partial charge >= 0.3 is 6.01 Å². The highest BCUT2D eigenvalue weighted by atomic mass is 32.1. The first kappa shape index (κ1) is 23.1. The van der Waals surface area contributed by atoms with E-state index in [1.807, 2.05) is 45.5 Å². The number of nitrogens with zero attached hydrogens (tertiary/aromatic N) is 5. The molecule has 0 amide bonds. The van der Waals surface area contributed by atoms with E-state index in [-0.39, 0.29) is 6.10 Å². The Balaban J connectivity index is 1.66. The van der Waals surface area contributed by atoms with Gasteiger partial charge in [-0.05, 0) is 58.5 Å². The summed E-state index contributed by atoms with van der Waals surface area (Å²) < 4.78 is 5.98. The van der Waals surface area contributed by atoms with Crippen molar-refractivity contribution in [2.75, 3.05) is 19.4 Å². The van der Waals surface area contributed by atoms with Crippen LogP contribution in [0.4, 0.5) is 10.9 Å². The summed E-state index contributed by atoms with van der Waals surface area (Å²) in [6, 6.07) is 6.43. The van der Waals surface area contributed by atoms with Gasteiger partial charge in [-0.1, -0.05) is 37.2 Å². The van der Waals surface area contributed by atoms with E-state index in [1.54, 1.807) is 0 Å². The van der Waals surface area contributed by atoms with Gasteiger partial charge in [0.1, 0.15) is 5.82 Å². The summed E-state index contributed by atoms with van der Waals surface area (Å²) in [7, 11) is 4.09. The fourth-order valence-electron chi connectivity index (χ4n) is 3.16. The minimum absolute atomic E-state index is 0.0985. The molecule has 166 valence electrons. The standard InChI is InChI=1S/C23H32N6OS/c1-6-7-8-9-17(3)30-22-26-16(2)12-19(27-22)20-14-25-23(31-20)28-21-11-10-18(13-24-21)15-29(4)5/h10-14,17H,6-9,15H2,1-5H3,(H,24,25,28). The molecule has 0 saturated heterocycles. The van der Waals surface area contributed by atoms with Gasteiger partial charge in [-0.15, -0.1) is 0 Å². The van der Waals surface area contributed by atoms with Crippen molar-refractivity contribution < 1.29 is 4.74 Å². The number of thiazole rings is 1. The first-order valence-corrected chi connectivity index (χ1v) is 11.6. The predicted octanol–water partition coefficient (Wildman–Crippen LogP) is 5.46. The van der Waals surface area contributed by atoms with E-state index >= 15 is 0 Å². The van der Waals surface area contributed by atoms with Crippen LogP contribution < -0.4 is 10.1 Å². The Morgan fingerprint density at radius 3 is 2.68 bits per heavy atom. The molecule has 0 fully saturated rings. The minimum Gasteiger partial charge on any atom is -0.460 e. The Morgan fingerprint density at radius 2 is 1.97 bits per heavy atom. The van der Waals surface area contributed by atoms with Crippen LogP contribution in [-0.4, -0.2) is 45.0 Å². The lowest BCUT2D eigenvalue weighted by atomic mass is 10.1. The van der Waals surface area contributed by atoms with Crippen molar-refractivity contribution in [3.05, 3.63) is 41.9 Å². The molecule has 0 aromatic carbocycles. The summed E-state index contributed by atoms with van der Waals surface area (Å²) in [5, 5.41) is 4.05. The van der Waals surface area contributed by atoms with Gasteiger partial charge in [0.15, 0.2) is 5.13 Å². The molecule has 3 aromatic rings. The zero-order valence-electron chi connectivity index (χ0n) is 19.1. The molecule has 3 rings (SSSR count). The van der Waals surface area contributed by atoms with Crippen LogP contribution in [0.1, 0.15) is 50.8 Å². The Kier molecular flexibility index (Phi) is 8.31. The summed E-state index contributed by atoms with van der Waals surface area (Å²) in [6.45, 7) is 7.10. The maximum atomic E-state index is 5.98. The molecule has 1 N–H and O–H groups in total. The van der Waals surface area contributed by atoms with Gasteiger partial charge in [-0.3, -0.25) is 0 Å². The summed E-state index contributed by atoms with van der Waals surface area (Å²) in [5.41, 5.74) is 2.87. The molecule has 0 radical (unpaired) electrons. The van der Waals surface area contributed by atoms with Gasteiger partial charge in [-0.2, -0.15) is 4.98 Å². The van der Waals surface area contributed by atoms with Gasteiger partial charge in [-0.25, -0.2) is 15.0 Å². The third-order valence-electron chi connectivity index (χ3n) is 4.67. The highest BCUT2D eigenvalue weighted by molar-refractivity contribution is 7.18. The summed E-state index contributed by atoms with van der Waals surface area (Å²) in [4.78, 5) is 21.1. The van der Waals surface area contributed by atoms with E-state index in [0.717, 1.165) is 46.6 Å². The highest BCUT2D eigenvalue weighted by Crippen LogP contribution is 2.30. The minimum atomic E-state index is 0.0985. The molecule has 31 heavy (non-hydrogen) atoms. The lowest BCUT2D eigenvalue weighted by molar-refractivity contribution is 0.189. The van der Waals surface area contributed by atoms with Crippen molar-refractivity contribution in [1.82, 2.24) is 24.8 Å². The molecular formula is C23H32N6OS. The number of pyridine rings is 1. The fourth-order valence-corrected chi connectivity index (χ4v) is 3.94. The smallest absolute Gasteiger partial charge is 0.317 e. The molecular weight excluding hydrogens is 408 g/mol. The van der Waals surface area contributed by atoms with Crippen molar-refractivity contribution in [1.29, 1.82) is 0 Å². The Hall–Kier alpha value is -2.58. The lowest BCUT2D eigenvalue weighted by Crippen LogP contribution is -2.14. The maximum absolute atomic E-state index is 5.98. The van der Waals surface area contributed by atoms with Gasteiger partial charge in [0.05, 0.1) is 16.7 Å². The fraction of sp³-hybridized carbons (Fsp3) is 0.478. The molecule has 0 aliphatic rings. The number of unbranched alkanes of at least 4 members (excludes halogenated alkanes) is 2. The van der Waals surface area contributed by atoms with E-state index in [2.05, 4.69) is 50.1 Å². The van der Waals surface area contributed by atoms with E-state index in [0.29, 0.717) is 6.01 Å². The molecule has 1 unspecified atom stereocenters. The van der Waals surface area contributed by atoms with Gasteiger partial charge in [0, 0.05) is 24.6 Å². The number of rotatable bonds is 11. The van der Waals surface area contributed by atoms with Crippen molar-refractivity contribution in [2.45, 2.75) is 59.1 Å². The van der Waals surface area contributed by atoms with Crippen molar-refractivity contribution in [2.24, 2.45) is 0 Å². The third-order valence-corrected chi connectivity index (χ3v) is 5.61. The first-order chi connectivity index (χ1) is 14.9. The molecule has 0 saturated carbocycles. The average Bonchev–Trinajstić information content (AvgIpc) is 3.17. The number of anilines is 2. The largest absolute Gasteiger partial charge is 0.460 e. The van der Waals surface area contributed by atoms with E-state index in [4.69, 9.17) is 4.74 Å². The summed E-state index contributed by atoms with van der Waals surface area (Å²) in [5.74, 6) is 0.771. The van der Waals surface area contributed by atoms with Crippen molar-refractivity contribution >= 4 is 22.3 Å². The van der Waals surface area contributed by atoms with Crippen LogP contribution in [0, 0.1) is 6.92 Å². The summed E-state index contributed by atoms with van der Waals surface area (Å²) >= 11 is 1.53. The van der Waals surface area contributed by atoms with E-state index in [1.165, 1.54) is 29.7 Å². The topological polar surface area (TPSA) is 76.1 Å². The lowest BCUT2D eigenvalue weighted by Gasteiger charge is -2.13. The molecule has 3 heterocycles. The number of hydrogen-bond donors (Lipinski definition) is 1. The number of hydrogen-bond acceptors (Lipinski definition) is 8. The molecule has 7 nitrogen and oxygen atoms in total.